The van der Waals surface area contributed by atoms with Crippen molar-refractivity contribution in [3.63, 3.8) is 0 Å². The van der Waals surface area contributed by atoms with Gasteiger partial charge in [-0.2, -0.15) is 0 Å². The maximum atomic E-state index is 5.68. The second kappa shape index (κ2) is 3.37. The molecule has 0 aliphatic heterocycles. The monoisotopic (exact) mass is 254 g/mol. The Morgan fingerprint density at radius 2 is 2.33 bits per heavy atom. The van der Waals surface area contributed by atoms with E-state index in [9.17, 15) is 0 Å². The minimum atomic E-state index is 0.146. The first kappa shape index (κ1) is 7.28. The summed E-state index contributed by atoms with van der Waals surface area (Å²) in [7, 11) is 0. The van der Waals surface area contributed by atoms with E-state index < -0.39 is 0 Å². The number of alkyl halides is 1. The molecule has 0 atom stereocenters. The molecule has 0 aromatic carbocycles. The number of pyridine rings is 1. The summed E-state index contributed by atoms with van der Waals surface area (Å²) >= 11 is 5.82. The molecule has 0 saturated carbocycles. The number of halogens is 2. The molecule has 0 bridgehead atoms. The third-order valence-electron chi connectivity index (χ3n) is 0.890. The number of aromatic nitrogens is 1. The maximum absolute atomic E-state index is 5.68. The molecule has 1 heterocycles. The zero-order chi connectivity index (χ0) is 6.69. The second-order valence-corrected chi connectivity index (χ2v) is 4.27. The van der Waals surface area contributed by atoms with Crippen LogP contribution in [0.3, 0.4) is 0 Å². The molecule has 0 N–H and O–H groups in total. The molecule has 50 valence electrons. The van der Waals surface area contributed by atoms with Gasteiger partial charge in [-0.3, -0.25) is 0 Å². The van der Waals surface area contributed by atoms with E-state index in [1.165, 1.54) is 3.57 Å². The molecule has 0 amide bonds. The van der Waals surface area contributed by atoms with E-state index in [1.54, 1.807) is 6.20 Å². The summed E-state index contributed by atoms with van der Waals surface area (Å²) in [5.74, 6) is 0. The van der Waals surface area contributed by atoms with Crippen molar-refractivity contribution in [1.82, 2.24) is 4.98 Å². The first-order chi connectivity index (χ1) is 4.33. The minimum absolute atomic E-state index is 0.146. The van der Waals surface area contributed by atoms with E-state index in [4.69, 9.17) is 11.6 Å². The molecule has 0 spiro atoms. The Kier molecular flexibility index (Phi) is 2.72. The van der Waals surface area contributed by atoms with Crippen LogP contribution in [0.25, 0.3) is 0 Å². The van der Waals surface area contributed by atoms with Gasteiger partial charge in [0.15, 0.2) is 0 Å². The number of hydrogen-bond donors (Lipinski definition) is 0. The molecule has 0 saturated heterocycles. The Balaban J connectivity index is 2.94. The first-order valence-corrected chi connectivity index (χ1v) is 6.04. The molecular formula is C6H6ClIN-. The van der Waals surface area contributed by atoms with Crippen LogP contribution in [0.4, 0.5) is 0 Å². The van der Waals surface area contributed by atoms with Crippen molar-refractivity contribution in [2.45, 2.75) is 0 Å². The Labute approximate surface area is 69.7 Å². The predicted molar refractivity (Wildman–Crippen MR) is 33.9 cm³/mol. The van der Waals surface area contributed by atoms with E-state index in [0.717, 1.165) is 5.02 Å². The summed E-state index contributed by atoms with van der Waals surface area (Å²) in [5.41, 5.74) is 0. The van der Waals surface area contributed by atoms with Crippen LogP contribution in [-0.2, 0) is 0 Å². The molecule has 0 aliphatic carbocycles. The van der Waals surface area contributed by atoms with Gasteiger partial charge >= 0.3 is 69.8 Å². The fourth-order valence-electron chi connectivity index (χ4n) is 0.489. The van der Waals surface area contributed by atoms with Gasteiger partial charge in [0, 0.05) is 0 Å². The Morgan fingerprint density at radius 1 is 1.56 bits per heavy atom. The van der Waals surface area contributed by atoms with Gasteiger partial charge in [0.05, 0.1) is 0 Å². The Bertz CT molecular complexity index is 202. The number of rotatable bonds is 1. The van der Waals surface area contributed by atoms with Crippen molar-refractivity contribution in [2.75, 3.05) is 4.93 Å². The van der Waals surface area contributed by atoms with E-state index in [1.807, 2.05) is 12.3 Å². The fraction of sp³-hybridized carbons (Fsp3) is 0.167. The van der Waals surface area contributed by atoms with Gasteiger partial charge in [-0.1, -0.05) is 0 Å². The van der Waals surface area contributed by atoms with Crippen LogP contribution in [0.15, 0.2) is 18.5 Å². The third kappa shape index (κ3) is 2.10. The number of hydrogen-bond acceptors (Lipinski definition) is 1. The summed E-state index contributed by atoms with van der Waals surface area (Å²) in [6, 6.07) is 1.97. The van der Waals surface area contributed by atoms with Crippen LogP contribution in [0, 0.1) is 3.57 Å². The summed E-state index contributed by atoms with van der Waals surface area (Å²) in [5, 5.41) is 0.744. The van der Waals surface area contributed by atoms with E-state index in [0.29, 0.717) is 0 Å². The summed E-state index contributed by atoms with van der Waals surface area (Å²) in [6.07, 6.45) is 3.53. The van der Waals surface area contributed by atoms with Gasteiger partial charge in [0.2, 0.25) is 0 Å². The Morgan fingerprint density at radius 3 is 2.78 bits per heavy atom. The standard InChI is InChI=1S/C6H6ClIN/c1-8-6-2-5(7)3-9-4-6/h2-4H,1H3/q-1. The van der Waals surface area contributed by atoms with Crippen molar-refractivity contribution in [2.24, 2.45) is 0 Å². The van der Waals surface area contributed by atoms with Crippen LogP contribution in [0.2, 0.25) is 5.02 Å². The molecular weight excluding hydrogens is 248 g/mol. The van der Waals surface area contributed by atoms with Gasteiger partial charge in [-0.25, -0.2) is 0 Å². The van der Waals surface area contributed by atoms with E-state index in [-0.39, 0.29) is 21.2 Å². The van der Waals surface area contributed by atoms with E-state index in [2.05, 4.69) is 9.91 Å². The van der Waals surface area contributed by atoms with E-state index >= 15 is 0 Å². The van der Waals surface area contributed by atoms with Crippen molar-refractivity contribution in [3.8, 4) is 0 Å². The molecule has 3 heteroatoms. The predicted octanol–water partition coefficient (Wildman–Crippen LogP) is -1.38. The molecule has 1 nitrogen and oxygen atoms in total. The van der Waals surface area contributed by atoms with Crippen LogP contribution < -0.4 is 21.2 Å². The van der Waals surface area contributed by atoms with Gasteiger partial charge in [-0.15, -0.1) is 0 Å². The summed E-state index contributed by atoms with van der Waals surface area (Å²) in [6.45, 7) is 0. The average Bonchev–Trinajstić information content (AvgIpc) is 1.88. The van der Waals surface area contributed by atoms with Crippen LogP contribution in [0.5, 0.6) is 0 Å². The van der Waals surface area contributed by atoms with Crippen molar-refractivity contribution >= 4 is 11.6 Å². The average molecular weight is 254 g/mol. The molecule has 9 heavy (non-hydrogen) atoms. The second-order valence-electron chi connectivity index (χ2n) is 1.51. The van der Waals surface area contributed by atoms with Gasteiger partial charge < -0.3 is 0 Å². The van der Waals surface area contributed by atoms with Crippen LogP contribution in [-0.4, -0.2) is 9.91 Å². The molecule has 0 aliphatic rings. The SMILES string of the molecule is C[I-]c1cncc(Cl)c1. The van der Waals surface area contributed by atoms with Crippen molar-refractivity contribution in [1.29, 1.82) is 0 Å². The van der Waals surface area contributed by atoms with Crippen molar-refractivity contribution < 1.29 is 21.2 Å². The van der Waals surface area contributed by atoms with Crippen LogP contribution in [0.1, 0.15) is 0 Å². The quantitative estimate of drug-likeness (QED) is 0.445. The summed E-state index contributed by atoms with van der Waals surface area (Å²) < 4.78 is 1.29. The van der Waals surface area contributed by atoms with Gasteiger partial charge in [0.1, 0.15) is 0 Å². The number of nitrogens with zero attached hydrogens (tertiary/aromatic N) is 1. The van der Waals surface area contributed by atoms with Crippen molar-refractivity contribution in [3.05, 3.63) is 27.1 Å². The zero-order valence-corrected chi connectivity index (χ0v) is 7.85. The van der Waals surface area contributed by atoms with Gasteiger partial charge in [-0.05, 0) is 0 Å². The first-order valence-electron chi connectivity index (χ1n) is 2.43. The molecule has 0 unspecified atom stereocenters. The molecule has 1 aromatic rings. The zero-order valence-electron chi connectivity index (χ0n) is 4.94. The third-order valence-corrected chi connectivity index (χ3v) is 2.93. The van der Waals surface area contributed by atoms with Crippen LogP contribution >= 0.6 is 11.6 Å². The summed E-state index contributed by atoms with van der Waals surface area (Å²) in [4.78, 5) is 6.14. The molecule has 1 aromatic heterocycles. The normalized spacial score (nSPS) is 10.0. The molecule has 0 radical (unpaired) electrons. The topological polar surface area (TPSA) is 12.9 Å². The molecule has 0 fully saturated rings. The molecule has 1 rings (SSSR count). The Hall–Kier alpha value is 0.170. The van der Waals surface area contributed by atoms with Gasteiger partial charge in [0.25, 0.3) is 0 Å². The fourth-order valence-corrected chi connectivity index (χ4v) is 1.93.